The molecule has 92 valence electrons. The molecule has 7 heteroatoms. The standard InChI is InChI=1S/C8H18O7/c9-1-2-13-8(5-12)15-6-14-7(3-10)4-11/h7-12H,1-6H2. The zero-order valence-electron chi connectivity index (χ0n) is 8.41. The van der Waals surface area contributed by atoms with Gasteiger partial charge in [-0.05, 0) is 0 Å². The van der Waals surface area contributed by atoms with E-state index in [4.69, 9.17) is 34.6 Å². The highest BCUT2D eigenvalue weighted by Crippen LogP contribution is 1.96. The molecule has 4 N–H and O–H groups in total. The zero-order chi connectivity index (χ0) is 11.5. The van der Waals surface area contributed by atoms with Crippen molar-refractivity contribution < 1.29 is 34.6 Å². The van der Waals surface area contributed by atoms with Crippen molar-refractivity contribution in [2.45, 2.75) is 12.4 Å². The second kappa shape index (κ2) is 10.2. The van der Waals surface area contributed by atoms with Gasteiger partial charge < -0.3 is 34.6 Å². The lowest BCUT2D eigenvalue weighted by molar-refractivity contribution is -0.225. The Morgan fingerprint density at radius 2 is 1.47 bits per heavy atom. The lowest BCUT2D eigenvalue weighted by Gasteiger charge is -2.18. The molecule has 0 aliphatic heterocycles. The van der Waals surface area contributed by atoms with Crippen LogP contribution in [0.3, 0.4) is 0 Å². The Kier molecular flexibility index (Phi) is 10.1. The predicted molar refractivity (Wildman–Crippen MR) is 48.9 cm³/mol. The average Bonchev–Trinajstić information content (AvgIpc) is 2.28. The fourth-order valence-corrected chi connectivity index (χ4v) is 0.712. The fraction of sp³-hybridized carbons (Fsp3) is 1.00. The first-order valence-electron chi connectivity index (χ1n) is 4.56. The number of ether oxygens (including phenoxy) is 3. The van der Waals surface area contributed by atoms with Crippen LogP contribution in [0, 0.1) is 0 Å². The second-order valence-electron chi connectivity index (χ2n) is 2.64. The Hall–Kier alpha value is -0.280. The quantitative estimate of drug-likeness (QED) is 0.309. The molecule has 0 aromatic rings. The first-order valence-corrected chi connectivity index (χ1v) is 4.56. The summed E-state index contributed by atoms with van der Waals surface area (Å²) >= 11 is 0. The molecule has 0 aliphatic rings. The summed E-state index contributed by atoms with van der Waals surface area (Å²) in [4.78, 5) is 0. The number of aliphatic hydroxyl groups is 4. The lowest BCUT2D eigenvalue weighted by Crippen LogP contribution is -2.28. The van der Waals surface area contributed by atoms with E-state index in [1.165, 1.54) is 0 Å². The van der Waals surface area contributed by atoms with Crippen molar-refractivity contribution in [2.75, 3.05) is 39.8 Å². The van der Waals surface area contributed by atoms with Gasteiger partial charge in [-0.15, -0.1) is 0 Å². The fourth-order valence-electron chi connectivity index (χ4n) is 0.712. The minimum absolute atomic E-state index is 0.0503. The Morgan fingerprint density at radius 1 is 0.800 bits per heavy atom. The molecule has 15 heavy (non-hydrogen) atoms. The first-order chi connectivity index (χ1) is 7.28. The molecule has 0 aromatic heterocycles. The van der Waals surface area contributed by atoms with E-state index in [1.54, 1.807) is 0 Å². The summed E-state index contributed by atoms with van der Waals surface area (Å²) in [7, 11) is 0. The van der Waals surface area contributed by atoms with Crippen LogP contribution in [0.25, 0.3) is 0 Å². The van der Waals surface area contributed by atoms with Crippen LogP contribution in [0.4, 0.5) is 0 Å². The smallest absolute Gasteiger partial charge is 0.183 e. The van der Waals surface area contributed by atoms with Crippen LogP contribution < -0.4 is 0 Å². The maximum absolute atomic E-state index is 8.75. The summed E-state index contributed by atoms with van der Waals surface area (Å²) in [6, 6.07) is 0. The molecule has 0 spiro atoms. The first kappa shape index (κ1) is 14.7. The molecule has 0 rings (SSSR count). The minimum atomic E-state index is -0.879. The van der Waals surface area contributed by atoms with Gasteiger partial charge in [0.15, 0.2) is 13.1 Å². The summed E-state index contributed by atoms with van der Waals surface area (Å²) in [5.41, 5.74) is 0. The minimum Gasteiger partial charge on any atom is -0.394 e. The third-order valence-electron chi connectivity index (χ3n) is 1.51. The van der Waals surface area contributed by atoms with Gasteiger partial charge >= 0.3 is 0 Å². The van der Waals surface area contributed by atoms with Gasteiger partial charge in [0.05, 0.1) is 33.0 Å². The van der Waals surface area contributed by atoms with Crippen molar-refractivity contribution >= 4 is 0 Å². The molecule has 0 saturated heterocycles. The molecule has 0 bridgehead atoms. The topological polar surface area (TPSA) is 109 Å². The molecule has 0 aromatic carbocycles. The Balaban J connectivity index is 3.52. The molecule has 0 amide bonds. The molecule has 0 radical (unpaired) electrons. The van der Waals surface area contributed by atoms with Gasteiger partial charge in [-0.25, -0.2) is 0 Å². The van der Waals surface area contributed by atoms with E-state index in [0.717, 1.165) is 0 Å². The van der Waals surface area contributed by atoms with Gasteiger partial charge in [-0.2, -0.15) is 0 Å². The monoisotopic (exact) mass is 226 g/mol. The van der Waals surface area contributed by atoms with E-state index >= 15 is 0 Å². The normalized spacial score (nSPS) is 13.4. The van der Waals surface area contributed by atoms with Crippen molar-refractivity contribution in [3.8, 4) is 0 Å². The lowest BCUT2D eigenvalue weighted by atomic mass is 10.4. The predicted octanol–water partition coefficient (Wildman–Crippen LogP) is -2.34. The van der Waals surface area contributed by atoms with E-state index in [1.807, 2.05) is 0 Å². The summed E-state index contributed by atoms with van der Waals surface area (Å²) in [5.74, 6) is 0. The third kappa shape index (κ3) is 7.63. The Morgan fingerprint density at radius 3 is 1.93 bits per heavy atom. The van der Waals surface area contributed by atoms with Crippen molar-refractivity contribution in [3.05, 3.63) is 0 Å². The molecule has 0 aliphatic carbocycles. The van der Waals surface area contributed by atoms with Gasteiger partial charge in [0.25, 0.3) is 0 Å². The van der Waals surface area contributed by atoms with Crippen LogP contribution in [-0.4, -0.2) is 72.6 Å². The van der Waals surface area contributed by atoms with Crippen LogP contribution in [0.15, 0.2) is 0 Å². The highest BCUT2D eigenvalue weighted by Gasteiger charge is 2.10. The van der Waals surface area contributed by atoms with E-state index < -0.39 is 12.4 Å². The second-order valence-corrected chi connectivity index (χ2v) is 2.64. The molecule has 1 unspecified atom stereocenters. The molecular weight excluding hydrogens is 208 g/mol. The highest BCUT2D eigenvalue weighted by molar-refractivity contribution is 4.49. The van der Waals surface area contributed by atoms with Crippen LogP contribution in [-0.2, 0) is 14.2 Å². The molecule has 0 fully saturated rings. The number of rotatable bonds is 10. The van der Waals surface area contributed by atoms with Gasteiger partial charge in [0, 0.05) is 0 Å². The van der Waals surface area contributed by atoms with Gasteiger partial charge in [-0.3, -0.25) is 0 Å². The van der Waals surface area contributed by atoms with Gasteiger partial charge in [-0.1, -0.05) is 0 Å². The molecular formula is C8H18O7. The third-order valence-corrected chi connectivity index (χ3v) is 1.51. The van der Waals surface area contributed by atoms with E-state index in [0.29, 0.717) is 0 Å². The van der Waals surface area contributed by atoms with Gasteiger partial charge in [0.1, 0.15) is 6.10 Å². The Bertz CT molecular complexity index is 128. The van der Waals surface area contributed by atoms with Crippen molar-refractivity contribution in [1.82, 2.24) is 0 Å². The summed E-state index contributed by atoms with van der Waals surface area (Å²) in [5, 5.41) is 34.5. The van der Waals surface area contributed by atoms with Crippen LogP contribution in [0.1, 0.15) is 0 Å². The van der Waals surface area contributed by atoms with Crippen molar-refractivity contribution in [1.29, 1.82) is 0 Å². The summed E-state index contributed by atoms with van der Waals surface area (Å²) < 4.78 is 14.6. The molecule has 0 heterocycles. The Labute approximate surface area is 87.8 Å². The molecule has 7 nitrogen and oxygen atoms in total. The average molecular weight is 226 g/mol. The molecule has 0 saturated carbocycles. The SMILES string of the molecule is OCCOC(CO)OCOC(CO)CO. The number of hydrogen-bond acceptors (Lipinski definition) is 7. The van der Waals surface area contributed by atoms with Crippen molar-refractivity contribution in [2.24, 2.45) is 0 Å². The van der Waals surface area contributed by atoms with Crippen LogP contribution in [0.5, 0.6) is 0 Å². The molecule has 1 atom stereocenters. The van der Waals surface area contributed by atoms with Crippen molar-refractivity contribution in [3.63, 3.8) is 0 Å². The van der Waals surface area contributed by atoms with E-state index in [-0.39, 0.29) is 39.8 Å². The number of aliphatic hydroxyl groups excluding tert-OH is 4. The van der Waals surface area contributed by atoms with Gasteiger partial charge in [0.2, 0.25) is 0 Å². The van der Waals surface area contributed by atoms with E-state index in [9.17, 15) is 0 Å². The highest BCUT2D eigenvalue weighted by atomic mass is 16.8. The summed E-state index contributed by atoms with van der Waals surface area (Å²) in [6.45, 7) is -1.34. The van der Waals surface area contributed by atoms with Crippen LogP contribution >= 0.6 is 0 Å². The maximum atomic E-state index is 8.75. The maximum Gasteiger partial charge on any atom is 0.183 e. The zero-order valence-corrected chi connectivity index (χ0v) is 8.41. The van der Waals surface area contributed by atoms with E-state index in [2.05, 4.69) is 0 Å². The van der Waals surface area contributed by atoms with Crippen LogP contribution in [0.2, 0.25) is 0 Å². The largest absolute Gasteiger partial charge is 0.394 e. The summed E-state index contributed by atoms with van der Waals surface area (Å²) in [6.07, 6.45) is -1.59. The number of hydrogen-bond donors (Lipinski definition) is 4.